The second kappa shape index (κ2) is 10.3. The number of nitrogens with zero attached hydrogens (tertiary/aromatic N) is 1. The van der Waals surface area contributed by atoms with Crippen molar-refractivity contribution in [3.05, 3.63) is 77.9 Å². The van der Waals surface area contributed by atoms with Gasteiger partial charge in [-0.2, -0.15) is 13.2 Å². The molecule has 0 aromatic heterocycles. The second-order valence-electron chi connectivity index (χ2n) is 8.25. The summed E-state index contributed by atoms with van der Waals surface area (Å²) < 4.78 is 101. The Hall–Kier alpha value is -2.83. The molecule has 36 heavy (non-hydrogen) atoms. The lowest BCUT2D eigenvalue weighted by Gasteiger charge is -2.19. The van der Waals surface area contributed by atoms with E-state index >= 15 is 0 Å². The van der Waals surface area contributed by atoms with Crippen LogP contribution >= 0.6 is 11.8 Å². The summed E-state index contributed by atoms with van der Waals surface area (Å²) in [5, 5.41) is 0. The van der Waals surface area contributed by atoms with Crippen molar-refractivity contribution in [1.29, 1.82) is 0 Å². The van der Waals surface area contributed by atoms with E-state index in [1.165, 1.54) is 30.3 Å². The summed E-state index contributed by atoms with van der Waals surface area (Å²) >= 11 is 0.984. The normalized spacial score (nSPS) is 16.8. The number of likely N-dealkylation sites (tertiary alicyclic amines) is 1. The standard InChI is InChI=1S/C24H21F5N2O3S2/c1-31-11-10-17(14-31)34-22-13-16(3-8-20(22)24(27,28)29)30-36(32,33)19-6-4-18(5-7-19)35-23-9-2-15(25)12-21(23)26/h2-9,12-13,17,30H,10-11,14H2,1H3/t17-/m1/s1. The molecule has 0 bridgehead atoms. The predicted molar refractivity (Wildman–Crippen MR) is 126 cm³/mol. The minimum atomic E-state index is -4.67. The molecule has 1 aliphatic rings. The van der Waals surface area contributed by atoms with E-state index in [4.69, 9.17) is 4.74 Å². The van der Waals surface area contributed by atoms with Crippen molar-refractivity contribution >= 4 is 27.5 Å². The van der Waals surface area contributed by atoms with E-state index in [2.05, 4.69) is 4.72 Å². The third-order valence-electron chi connectivity index (χ3n) is 5.44. The predicted octanol–water partition coefficient (Wildman–Crippen LogP) is 6.02. The molecule has 1 aliphatic heterocycles. The number of hydrogen-bond acceptors (Lipinski definition) is 5. The van der Waals surface area contributed by atoms with E-state index in [1.807, 2.05) is 11.9 Å². The maximum absolute atomic E-state index is 13.9. The quantitative estimate of drug-likeness (QED) is 0.369. The van der Waals surface area contributed by atoms with Gasteiger partial charge in [-0.05, 0) is 62.0 Å². The van der Waals surface area contributed by atoms with Gasteiger partial charge in [0.1, 0.15) is 23.5 Å². The van der Waals surface area contributed by atoms with Crippen molar-refractivity contribution < 1.29 is 35.1 Å². The van der Waals surface area contributed by atoms with Crippen LogP contribution < -0.4 is 9.46 Å². The summed E-state index contributed by atoms with van der Waals surface area (Å²) in [5.74, 6) is -1.91. The van der Waals surface area contributed by atoms with Crippen LogP contribution in [0.2, 0.25) is 0 Å². The van der Waals surface area contributed by atoms with Gasteiger partial charge in [0.25, 0.3) is 10.0 Å². The summed E-state index contributed by atoms with van der Waals surface area (Å²) in [6.07, 6.45) is -4.57. The minimum absolute atomic E-state index is 0.0869. The smallest absolute Gasteiger partial charge is 0.419 e. The topological polar surface area (TPSA) is 58.6 Å². The number of likely N-dealkylation sites (N-methyl/N-ethyl adjacent to an activating group) is 1. The van der Waals surface area contributed by atoms with Crippen molar-refractivity contribution in [3.63, 3.8) is 0 Å². The van der Waals surface area contributed by atoms with Gasteiger partial charge in [-0.1, -0.05) is 11.8 Å². The Morgan fingerprint density at radius 2 is 1.75 bits per heavy atom. The van der Waals surface area contributed by atoms with E-state index in [0.29, 0.717) is 24.4 Å². The van der Waals surface area contributed by atoms with Crippen LogP contribution in [0.4, 0.5) is 27.6 Å². The molecule has 0 spiro atoms. The fraction of sp³-hybridized carbons (Fsp3) is 0.250. The molecule has 0 amide bonds. The molecule has 0 aliphatic carbocycles. The van der Waals surface area contributed by atoms with Crippen molar-refractivity contribution in [2.75, 3.05) is 24.9 Å². The summed E-state index contributed by atoms with van der Waals surface area (Å²) in [5.41, 5.74) is -1.08. The lowest BCUT2D eigenvalue weighted by molar-refractivity contribution is -0.139. The zero-order valence-electron chi connectivity index (χ0n) is 18.9. The van der Waals surface area contributed by atoms with Crippen LogP contribution in [-0.2, 0) is 16.2 Å². The Balaban J connectivity index is 1.52. The Morgan fingerprint density at radius 3 is 2.36 bits per heavy atom. The number of benzene rings is 3. The Bertz CT molecular complexity index is 1350. The molecular formula is C24H21F5N2O3S2. The SMILES string of the molecule is CN1CC[C@@H](Oc2cc(NS(=O)(=O)c3ccc(Sc4ccc(F)cc4F)cc3)ccc2C(F)(F)F)C1. The fourth-order valence-corrected chi connectivity index (χ4v) is 5.54. The molecular weight excluding hydrogens is 523 g/mol. The monoisotopic (exact) mass is 544 g/mol. The molecule has 3 aromatic rings. The van der Waals surface area contributed by atoms with Gasteiger partial charge in [0.15, 0.2) is 0 Å². The van der Waals surface area contributed by atoms with Crippen molar-refractivity contribution in [2.45, 2.75) is 33.4 Å². The molecule has 5 nitrogen and oxygen atoms in total. The van der Waals surface area contributed by atoms with Gasteiger partial charge in [-0.25, -0.2) is 17.2 Å². The number of nitrogens with one attached hydrogen (secondary N) is 1. The molecule has 4 rings (SSSR count). The van der Waals surface area contributed by atoms with Gasteiger partial charge in [0, 0.05) is 35.0 Å². The van der Waals surface area contributed by atoms with E-state index in [0.717, 1.165) is 42.1 Å². The van der Waals surface area contributed by atoms with E-state index in [9.17, 15) is 30.4 Å². The van der Waals surface area contributed by atoms with Crippen LogP contribution in [0, 0.1) is 11.6 Å². The summed E-state index contributed by atoms with van der Waals surface area (Å²) in [6, 6.07) is 11.4. The molecule has 0 unspecified atom stereocenters. The van der Waals surface area contributed by atoms with Gasteiger partial charge < -0.3 is 9.64 Å². The van der Waals surface area contributed by atoms with Crippen LogP contribution in [-0.4, -0.2) is 39.6 Å². The molecule has 0 radical (unpaired) electrons. The minimum Gasteiger partial charge on any atom is -0.488 e. The van der Waals surface area contributed by atoms with Crippen molar-refractivity contribution in [1.82, 2.24) is 4.90 Å². The molecule has 3 aromatic carbocycles. The number of alkyl halides is 3. The number of ether oxygens (including phenoxy) is 1. The van der Waals surface area contributed by atoms with Crippen LogP contribution in [0.1, 0.15) is 12.0 Å². The van der Waals surface area contributed by atoms with Crippen LogP contribution in [0.3, 0.4) is 0 Å². The number of hydrogen-bond donors (Lipinski definition) is 1. The summed E-state index contributed by atoms with van der Waals surface area (Å²) in [6.45, 7) is 1.14. The number of rotatable bonds is 7. The maximum atomic E-state index is 13.9. The average Bonchev–Trinajstić information content (AvgIpc) is 3.19. The third kappa shape index (κ3) is 6.29. The van der Waals surface area contributed by atoms with E-state index in [1.54, 1.807) is 0 Å². The zero-order valence-corrected chi connectivity index (χ0v) is 20.5. The first kappa shape index (κ1) is 26.2. The number of sulfonamides is 1. The van der Waals surface area contributed by atoms with Gasteiger partial charge in [-0.3, -0.25) is 4.72 Å². The fourth-order valence-electron chi connectivity index (χ4n) is 3.67. The van der Waals surface area contributed by atoms with E-state index in [-0.39, 0.29) is 15.5 Å². The molecule has 1 heterocycles. The first-order chi connectivity index (χ1) is 16.9. The third-order valence-corrected chi connectivity index (χ3v) is 7.89. The highest BCUT2D eigenvalue weighted by Gasteiger charge is 2.36. The first-order valence-electron chi connectivity index (χ1n) is 10.7. The largest absolute Gasteiger partial charge is 0.488 e. The van der Waals surface area contributed by atoms with Gasteiger partial charge >= 0.3 is 6.18 Å². The van der Waals surface area contributed by atoms with Crippen molar-refractivity contribution in [2.24, 2.45) is 0 Å². The van der Waals surface area contributed by atoms with Crippen LogP contribution in [0.25, 0.3) is 0 Å². The van der Waals surface area contributed by atoms with Gasteiger partial charge in [0.2, 0.25) is 0 Å². The summed E-state index contributed by atoms with van der Waals surface area (Å²) in [7, 11) is -2.31. The second-order valence-corrected chi connectivity index (χ2v) is 11.1. The molecule has 1 fully saturated rings. The van der Waals surface area contributed by atoms with Crippen LogP contribution in [0.15, 0.2) is 75.4 Å². The highest BCUT2D eigenvalue weighted by Crippen LogP contribution is 2.39. The zero-order chi connectivity index (χ0) is 26.1. The van der Waals surface area contributed by atoms with Gasteiger partial charge in [-0.15, -0.1) is 0 Å². The summed E-state index contributed by atoms with van der Waals surface area (Å²) in [4.78, 5) is 2.45. The number of halogens is 5. The Morgan fingerprint density at radius 1 is 1.03 bits per heavy atom. The molecule has 1 saturated heterocycles. The maximum Gasteiger partial charge on any atom is 0.419 e. The molecule has 12 heteroatoms. The highest BCUT2D eigenvalue weighted by atomic mass is 32.2. The van der Waals surface area contributed by atoms with Gasteiger partial charge in [0.05, 0.1) is 16.1 Å². The lowest BCUT2D eigenvalue weighted by atomic mass is 10.1. The van der Waals surface area contributed by atoms with Crippen molar-refractivity contribution in [3.8, 4) is 5.75 Å². The Kier molecular flexibility index (Phi) is 7.48. The average molecular weight is 545 g/mol. The molecule has 1 atom stereocenters. The Labute approximate surface area is 209 Å². The highest BCUT2D eigenvalue weighted by molar-refractivity contribution is 7.99. The van der Waals surface area contributed by atoms with Crippen LogP contribution in [0.5, 0.6) is 5.75 Å². The van der Waals surface area contributed by atoms with E-state index < -0.39 is 45.3 Å². The lowest BCUT2D eigenvalue weighted by Crippen LogP contribution is -2.23. The molecule has 1 N–H and O–H groups in total. The molecule has 0 saturated carbocycles. The molecule has 192 valence electrons. The number of anilines is 1. The first-order valence-corrected chi connectivity index (χ1v) is 13.0.